The number of hydrogen-bond donors (Lipinski definition) is 3. The number of nitrogens with one attached hydrogen (secondary N) is 1. The van der Waals surface area contributed by atoms with Crippen molar-refractivity contribution >= 4 is 23.5 Å². The number of carbonyl (C=O) groups is 3. The van der Waals surface area contributed by atoms with Gasteiger partial charge in [0.1, 0.15) is 11.8 Å². The first kappa shape index (κ1) is 17.2. The molecule has 0 saturated carbocycles. The number of benzene rings is 1. The molecule has 0 bridgehead atoms. The zero-order valence-corrected chi connectivity index (χ0v) is 13.4. The van der Waals surface area contributed by atoms with E-state index in [4.69, 9.17) is 9.62 Å². The topological polar surface area (TPSA) is 132 Å². The summed E-state index contributed by atoms with van der Waals surface area (Å²) in [5.41, 5.74) is 0.146. The third kappa shape index (κ3) is 3.14. The summed E-state index contributed by atoms with van der Waals surface area (Å²) in [7, 11) is 0. The van der Waals surface area contributed by atoms with Gasteiger partial charge in [-0.2, -0.15) is 0 Å². The van der Waals surface area contributed by atoms with E-state index in [1.165, 1.54) is 18.4 Å². The van der Waals surface area contributed by atoms with E-state index in [-0.39, 0.29) is 18.0 Å². The van der Waals surface area contributed by atoms with Crippen LogP contribution in [0, 0.1) is 0 Å². The molecule has 3 N–H and O–H groups in total. The minimum Gasteiger partial charge on any atom is -0.479 e. The Kier molecular flexibility index (Phi) is 4.70. The van der Waals surface area contributed by atoms with Gasteiger partial charge in [0.25, 0.3) is 5.91 Å². The van der Waals surface area contributed by atoms with Crippen LogP contribution in [0.1, 0.15) is 17.4 Å². The van der Waals surface area contributed by atoms with E-state index >= 15 is 0 Å². The maximum absolute atomic E-state index is 12.3. The lowest BCUT2D eigenvalue weighted by atomic mass is 10.0. The minimum absolute atomic E-state index is 0.00423. The van der Waals surface area contributed by atoms with Gasteiger partial charge in [-0.25, -0.2) is 4.79 Å². The van der Waals surface area contributed by atoms with Crippen LogP contribution in [0.3, 0.4) is 0 Å². The van der Waals surface area contributed by atoms with Crippen LogP contribution in [0.25, 0.3) is 0 Å². The molecule has 2 amide bonds. The van der Waals surface area contributed by atoms with Gasteiger partial charge in [-0.3, -0.25) is 9.59 Å². The fourth-order valence-corrected chi connectivity index (χ4v) is 2.70. The molecule has 9 nitrogen and oxygen atoms in total. The number of β-lactam (4-membered cyclic amide) rings is 1. The molecule has 0 spiro atoms. The lowest BCUT2D eigenvalue weighted by molar-refractivity contribution is -0.160. The molecular weight excluding hydrogens is 342 g/mol. The van der Waals surface area contributed by atoms with Crippen molar-refractivity contribution in [1.29, 1.82) is 0 Å². The van der Waals surface area contributed by atoms with Crippen LogP contribution in [0.15, 0.2) is 58.3 Å². The summed E-state index contributed by atoms with van der Waals surface area (Å²) in [4.78, 5) is 37.1. The first-order valence-electron chi connectivity index (χ1n) is 7.68. The Morgan fingerprint density at radius 3 is 2.50 bits per heavy atom. The maximum Gasteiger partial charge on any atom is 0.334 e. The van der Waals surface area contributed by atoms with Gasteiger partial charge in [-0.1, -0.05) is 35.5 Å². The highest BCUT2D eigenvalue weighted by Crippen LogP contribution is 2.27. The quantitative estimate of drug-likeness (QED) is 0.300. The van der Waals surface area contributed by atoms with Crippen molar-refractivity contribution in [2.45, 2.75) is 12.1 Å². The molecule has 1 aromatic heterocycles. The van der Waals surface area contributed by atoms with Crippen LogP contribution >= 0.6 is 0 Å². The highest BCUT2D eigenvalue weighted by Gasteiger charge is 2.46. The molecule has 2 atom stereocenters. The zero-order valence-electron chi connectivity index (χ0n) is 13.4. The van der Waals surface area contributed by atoms with Crippen molar-refractivity contribution in [3.05, 3.63) is 60.1 Å². The second-order valence-corrected chi connectivity index (χ2v) is 5.59. The predicted octanol–water partition coefficient (Wildman–Crippen LogP) is 0.611. The highest BCUT2D eigenvalue weighted by molar-refractivity contribution is 6.45. The Morgan fingerprint density at radius 1 is 1.23 bits per heavy atom. The normalized spacial score (nSPS) is 18.2. The fourth-order valence-electron chi connectivity index (χ4n) is 2.70. The Bertz CT molecular complexity index is 847. The van der Waals surface area contributed by atoms with Crippen LogP contribution < -0.4 is 5.32 Å². The largest absolute Gasteiger partial charge is 0.479 e. The summed E-state index contributed by atoms with van der Waals surface area (Å²) in [6.45, 7) is -0.00423. The monoisotopic (exact) mass is 357 g/mol. The number of carbonyl (C=O) groups excluding carboxylic acids is 2. The van der Waals surface area contributed by atoms with Gasteiger partial charge in [-0.15, -0.1) is 0 Å². The van der Waals surface area contributed by atoms with E-state index in [9.17, 15) is 19.5 Å². The number of likely N-dealkylation sites (tertiary alicyclic amines) is 1. The Balaban J connectivity index is 1.67. The third-order valence-corrected chi connectivity index (χ3v) is 3.99. The molecule has 1 aliphatic rings. The van der Waals surface area contributed by atoms with E-state index in [1.807, 2.05) is 0 Å². The van der Waals surface area contributed by atoms with Crippen molar-refractivity contribution in [3.8, 4) is 0 Å². The molecule has 26 heavy (non-hydrogen) atoms. The molecule has 2 aromatic rings. The first-order chi connectivity index (χ1) is 12.5. The number of nitrogens with zero attached hydrogens (tertiary/aromatic N) is 2. The van der Waals surface area contributed by atoms with E-state index in [0.29, 0.717) is 5.56 Å². The molecule has 1 saturated heterocycles. The third-order valence-electron chi connectivity index (χ3n) is 3.99. The fraction of sp³-hybridized carbons (Fsp3) is 0.176. The lowest BCUT2D eigenvalue weighted by Gasteiger charge is -2.41. The summed E-state index contributed by atoms with van der Waals surface area (Å²) in [5.74, 6) is -2.41. The van der Waals surface area contributed by atoms with Crippen LogP contribution in [-0.4, -0.2) is 51.3 Å². The summed E-state index contributed by atoms with van der Waals surface area (Å²) in [6, 6.07) is 9.08. The van der Waals surface area contributed by atoms with Crippen LogP contribution in [-0.2, 0) is 14.4 Å². The second-order valence-electron chi connectivity index (χ2n) is 5.59. The van der Waals surface area contributed by atoms with Gasteiger partial charge in [-0.05, 0) is 12.1 Å². The molecule has 2 unspecified atom stereocenters. The zero-order chi connectivity index (χ0) is 18.7. The van der Waals surface area contributed by atoms with Gasteiger partial charge in [0.15, 0.2) is 11.8 Å². The molecule has 1 aromatic carbocycles. The average Bonchev–Trinajstić information content (AvgIpc) is 3.16. The molecular formula is C17H15N3O6. The molecule has 3 rings (SSSR count). The van der Waals surface area contributed by atoms with Crippen molar-refractivity contribution < 1.29 is 29.1 Å². The summed E-state index contributed by atoms with van der Waals surface area (Å²) >= 11 is 0. The Morgan fingerprint density at radius 2 is 1.96 bits per heavy atom. The molecule has 0 radical (unpaired) electrons. The van der Waals surface area contributed by atoms with Crippen LogP contribution in [0.5, 0.6) is 0 Å². The summed E-state index contributed by atoms with van der Waals surface area (Å²) in [6.07, 6.45) is 1.32. The number of carboxylic acid groups (broad SMARTS) is 1. The number of rotatable bonds is 6. The van der Waals surface area contributed by atoms with Crippen LogP contribution in [0.4, 0.5) is 0 Å². The van der Waals surface area contributed by atoms with E-state index < -0.39 is 29.9 Å². The Labute approximate surface area is 147 Å². The predicted molar refractivity (Wildman–Crippen MR) is 87.5 cm³/mol. The molecule has 9 heteroatoms. The molecule has 1 aliphatic heterocycles. The lowest BCUT2D eigenvalue weighted by Crippen LogP contribution is -2.66. The van der Waals surface area contributed by atoms with E-state index in [1.54, 1.807) is 30.3 Å². The minimum atomic E-state index is -1.26. The number of hydrogen-bond acceptors (Lipinski definition) is 6. The second kappa shape index (κ2) is 7.09. The number of aliphatic carboxylic acids is 1. The maximum atomic E-state index is 12.3. The average molecular weight is 357 g/mol. The van der Waals surface area contributed by atoms with Crippen molar-refractivity contribution in [2.75, 3.05) is 6.54 Å². The van der Waals surface area contributed by atoms with Crippen molar-refractivity contribution in [1.82, 2.24) is 10.2 Å². The molecule has 134 valence electrons. The van der Waals surface area contributed by atoms with Gasteiger partial charge >= 0.3 is 5.97 Å². The van der Waals surface area contributed by atoms with Crippen molar-refractivity contribution in [2.24, 2.45) is 5.16 Å². The van der Waals surface area contributed by atoms with Gasteiger partial charge in [0.2, 0.25) is 5.91 Å². The molecule has 0 aliphatic carbocycles. The Hall–Kier alpha value is -3.62. The van der Waals surface area contributed by atoms with E-state index in [2.05, 4.69) is 10.5 Å². The number of oxime groups is 1. The van der Waals surface area contributed by atoms with Gasteiger partial charge in [0.05, 0.1) is 12.8 Å². The standard InChI is InChI=1S/C17H15N3O6/c21-15(13(19-25)10-5-2-1-3-6-10)18-11-9-20(16(11)22)14(17(23)24)12-7-4-8-26-12/h1-8,11,14,25H,9H2,(H,18,21)(H,23,24)/b19-13-. The number of amides is 2. The molecule has 1 fully saturated rings. The molecule has 2 heterocycles. The highest BCUT2D eigenvalue weighted by atomic mass is 16.4. The number of carboxylic acids is 1. The smallest absolute Gasteiger partial charge is 0.334 e. The number of furan rings is 1. The SMILES string of the molecule is O=C(NC1CN(C(C(=O)O)c2ccco2)C1=O)/C(=N\O)c1ccccc1. The van der Waals surface area contributed by atoms with E-state index in [0.717, 1.165) is 4.90 Å². The summed E-state index contributed by atoms with van der Waals surface area (Å²) < 4.78 is 5.08. The van der Waals surface area contributed by atoms with Gasteiger partial charge < -0.3 is 24.9 Å². The first-order valence-corrected chi connectivity index (χ1v) is 7.68. The van der Waals surface area contributed by atoms with Gasteiger partial charge in [0, 0.05) is 5.56 Å². The van der Waals surface area contributed by atoms with Crippen LogP contribution in [0.2, 0.25) is 0 Å². The summed E-state index contributed by atoms with van der Waals surface area (Å²) in [5, 5.41) is 23.9. The van der Waals surface area contributed by atoms with Crippen molar-refractivity contribution in [3.63, 3.8) is 0 Å².